The van der Waals surface area contributed by atoms with E-state index >= 15 is 0 Å². The van der Waals surface area contributed by atoms with Gasteiger partial charge in [0.2, 0.25) is 0 Å². The van der Waals surface area contributed by atoms with Crippen LogP contribution in [-0.2, 0) is 19.7 Å². The van der Waals surface area contributed by atoms with Crippen molar-refractivity contribution in [3.05, 3.63) is 0 Å². The molecule has 0 aromatic carbocycles. The van der Waals surface area contributed by atoms with Crippen molar-refractivity contribution in [1.82, 2.24) is 8.61 Å². The lowest BCUT2D eigenvalue weighted by Crippen LogP contribution is -2.48. The molecule has 2 rings (SSSR count). The molecule has 0 radical (unpaired) electrons. The van der Waals surface area contributed by atoms with Crippen LogP contribution in [0.1, 0.15) is 6.42 Å². The third-order valence-corrected chi connectivity index (χ3v) is 5.12. The minimum absolute atomic E-state index is 0.0784. The maximum absolute atomic E-state index is 12.2. The number of carboxylic acids is 1. The Labute approximate surface area is 100 Å². The van der Waals surface area contributed by atoms with E-state index in [2.05, 4.69) is 0 Å². The van der Waals surface area contributed by atoms with E-state index < -0.39 is 22.1 Å². The van der Waals surface area contributed by atoms with Crippen LogP contribution in [0.25, 0.3) is 0 Å². The predicted molar refractivity (Wildman–Crippen MR) is 58.6 cm³/mol. The largest absolute Gasteiger partial charge is 0.481 e. The van der Waals surface area contributed by atoms with Gasteiger partial charge in [-0.2, -0.15) is 17.0 Å². The maximum Gasteiger partial charge on any atom is 0.307 e. The Balaban J connectivity index is 2.03. The summed E-state index contributed by atoms with van der Waals surface area (Å²) in [6.07, 6.45) is 0.388. The minimum Gasteiger partial charge on any atom is -0.481 e. The number of rotatable bonds is 3. The third-order valence-electron chi connectivity index (χ3n) is 3.12. The lowest BCUT2D eigenvalue weighted by molar-refractivity contribution is -0.141. The highest BCUT2D eigenvalue weighted by Gasteiger charge is 2.38. The summed E-state index contributed by atoms with van der Waals surface area (Å²) < 4.78 is 32.0. The van der Waals surface area contributed by atoms with Crippen molar-refractivity contribution in [1.29, 1.82) is 0 Å². The van der Waals surface area contributed by atoms with Crippen LogP contribution in [-0.4, -0.2) is 67.5 Å². The van der Waals surface area contributed by atoms with E-state index in [9.17, 15) is 13.2 Å². The highest BCUT2D eigenvalue weighted by Crippen LogP contribution is 2.22. The van der Waals surface area contributed by atoms with Crippen molar-refractivity contribution in [2.75, 3.05) is 39.4 Å². The molecule has 0 aliphatic carbocycles. The lowest BCUT2D eigenvalue weighted by atomic mass is 10.1. The number of hydrogen-bond donors (Lipinski definition) is 1. The molecule has 0 aromatic heterocycles. The molecule has 2 aliphatic rings. The Morgan fingerprint density at radius 2 is 1.82 bits per heavy atom. The van der Waals surface area contributed by atoms with Crippen molar-refractivity contribution in [2.45, 2.75) is 6.42 Å². The van der Waals surface area contributed by atoms with Crippen LogP contribution >= 0.6 is 0 Å². The van der Waals surface area contributed by atoms with E-state index in [0.717, 1.165) is 0 Å². The van der Waals surface area contributed by atoms with Crippen LogP contribution in [0.15, 0.2) is 0 Å². The molecule has 7 nitrogen and oxygen atoms in total. The Hall–Kier alpha value is -0.700. The molecule has 0 saturated carbocycles. The quantitative estimate of drug-likeness (QED) is 0.704. The molecule has 98 valence electrons. The fourth-order valence-electron chi connectivity index (χ4n) is 2.08. The van der Waals surface area contributed by atoms with E-state index in [-0.39, 0.29) is 13.1 Å². The van der Waals surface area contributed by atoms with Gasteiger partial charge in [0.15, 0.2) is 0 Å². The monoisotopic (exact) mass is 264 g/mol. The lowest BCUT2D eigenvalue weighted by Gasteiger charge is -2.29. The second kappa shape index (κ2) is 4.89. The van der Waals surface area contributed by atoms with Crippen molar-refractivity contribution in [2.24, 2.45) is 5.92 Å². The van der Waals surface area contributed by atoms with Crippen LogP contribution in [0, 0.1) is 5.92 Å². The molecule has 8 heteroatoms. The van der Waals surface area contributed by atoms with Crippen LogP contribution in [0.4, 0.5) is 0 Å². The first kappa shape index (κ1) is 12.7. The minimum atomic E-state index is -3.50. The zero-order valence-electron chi connectivity index (χ0n) is 9.41. The summed E-state index contributed by atoms with van der Waals surface area (Å²) in [4.78, 5) is 10.8. The first-order chi connectivity index (χ1) is 8.01. The summed E-state index contributed by atoms with van der Waals surface area (Å²) in [6, 6.07) is 0. The van der Waals surface area contributed by atoms with Gasteiger partial charge in [0, 0.05) is 26.2 Å². The molecule has 2 saturated heterocycles. The molecule has 0 unspecified atom stereocenters. The summed E-state index contributed by atoms with van der Waals surface area (Å²) in [7, 11) is -3.50. The van der Waals surface area contributed by atoms with Crippen molar-refractivity contribution >= 4 is 16.2 Å². The Morgan fingerprint density at radius 1 is 1.18 bits per heavy atom. The zero-order valence-corrected chi connectivity index (χ0v) is 10.2. The average molecular weight is 264 g/mol. The van der Waals surface area contributed by atoms with Gasteiger partial charge in [-0.25, -0.2) is 0 Å². The third kappa shape index (κ3) is 2.59. The first-order valence-corrected chi connectivity index (χ1v) is 6.97. The van der Waals surface area contributed by atoms with E-state index in [1.807, 2.05) is 0 Å². The van der Waals surface area contributed by atoms with Gasteiger partial charge in [-0.1, -0.05) is 0 Å². The second-order valence-corrected chi connectivity index (χ2v) is 6.13. The predicted octanol–water partition coefficient (Wildman–Crippen LogP) is -1.03. The van der Waals surface area contributed by atoms with Gasteiger partial charge in [0.05, 0.1) is 19.1 Å². The van der Waals surface area contributed by atoms with E-state index in [1.54, 1.807) is 0 Å². The van der Waals surface area contributed by atoms with Crippen molar-refractivity contribution in [3.8, 4) is 0 Å². The first-order valence-electron chi connectivity index (χ1n) is 5.57. The molecule has 2 heterocycles. The van der Waals surface area contributed by atoms with Gasteiger partial charge < -0.3 is 9.84 Å². The van der Waals surface area contributed by atoms with Crippen LogP contribution in [0.2, 0.25) is 0 Å². The van der Waals surface area contributed by atoms with Gasteiger partial charge in [0.1, 0.15) is 0 Å². The number of aliphatic carboxylic acids is 1. The van der Waals surface area contributed by atoms with Gasteiger partial charge in [-0.15, -0.1) is 0 Å². The molecule has 1 atom stereocenters. The molecule has 0 bridgehead atoms. The fourth-order valence-corrected chi connectivity index (χ4v) is 3.72. The molecular formula is C9H16N2O5S. The van der Waals surface area contributed by atoms with Crippen LogP contribution < -0.4 is 0 Å². The molecule has 2 fully saturated rings. The number of hydrogen-bond acceptors (Lipinski definition) is 4. The SMILES string of the molecule is O=C(O)[C@H]1CCN(S(=O)(=O)N2CCOCC2)C1. The summed E-state index contributed by atoms with van der Waals surface area (Å²) in [5.74, 6) is -1.50. The number of nitrogens with zero attached hydrogens (tertiary/aromatic N) is 2. The zero-order chi connectivity index (χ0) is 12.5. The average Bonchev–Trinajstić information content (AvgIpc) is 2.80. The molecule has 0 aromatic rings. The summed E-state index contributed by atoms with van der Waals surface area (Å²) in [6.45, 7) is 1.85. The van der Waals surface area contributed by atoms with Gasteiger partial charge in [-0.05, 0) is 6.42 Å². The molecule has 1 N–H and O–H groups in total. The molecule has 2 aliphatic heterocycles. The Morgan fingerprint density at radius 3 is 2.35 bits per heavy atom. The van der Waals surface area contributed by atoms with Crippen molar-refractivity contribution < 1.29 is 23.1 Å². The molecule has 0 amide bonds. The van der Waals surface area contributed by atoms with Gasteiger partial charge in [0.25, 0.3) is 10.2 Å². The van der Waals surface area contributed by atoms with Crippen LogP contribution in [0.5, 0.6) is 0 Å². The van der Waals surface area contributed by atoms with Gasteiger partial charge in [-0.3, -0.25) is 4.79 Å². The highest BCUT2D eigenvalue weighted by atomic mass is 32.2. The van der Waals surface area contributed by atoms with E-state index in [1.165, 1.54) is 8.61 Å². The summed E-state index contributed by atoms with van der Waals surface area (Å²) in [5.41, 5.74) is 0. The van der Waals surface area contributed by atoms with Crippen molar-refractivity contribution in [3.63, 3.8) is 0 Å². The topological polar surface area (TPSA) is 87.2 Å². The fraction of sp³-hybridized carbons (Fsp3) is 0.889. The molecular weight excluding hydrogens is 248 g/mol. The second-order valence-electron chi connectivity index (χ2n) is 4.20. The van der Waals surface area contributed by atoms with Gasteiger partial charge >= 0.3 is 5.97 Å². The van der Waals surface area contributed by atoms with E-state index in [0.29, 0.717) is 32.7 Å². The number of carbonyl (C=O) groups is 1. The molecule has 17 heavy (non-hydrogen) atoms. The molecule has 0 spiro atoms. The standard InChI is InChI=1S/C9H16N2O5S/c12-9(13)8-1-2-11(7-8)17(14,15)10-3-5-16-6-4-10/h8H,1-7H2,(H,12,13)/t8-/m0/s1. The normalized spacial score (nSPS) is 28.4. The number of carboxylic acid groups (broad SMARTS) is 1. The van der Waals surface area contributed by atoms with E-state index in [4.69, 9.17) is 9.84 Å². The maximum atomic E-state index is 12.2. The number of morpholine rings is 1. The van der Waals surface area contributed by atoms with Crippen LogP contribution in [0.3, 0.4) is 0 Å². The summed E-state index contributed by atoms with van der Waals surface area (Å²) >= 11 is 0. The Bertz CT molecular complexity index is 390. The Kier molecular flexibility index (Phi) is 3.67. The number of ether oxygens (including phenoxy) is 1. The smallest absolute Gasteiger partial charge is 0.307 e. The highest BCUT2D eigenvalue weighted by molar-refractivity contribution is 7.86. The summed E-state index contributed by atoms with van der Waals surface area (Å²) in [5, 5.41) is 8.85.